The number of H-pyrrole nitrogens is 2. The van der Waals surface area contributed by atoms with Crippen LogP contribution in [0.25, 0.3) is 22.3 Å². The average molecular weight is 347 g/mol. The number of hydrogen-bond acceptors (Lipinski definition) is 4. The highest BCUT2D eigenvalue weighted by molar-refractivity contribution is 6.08. The number of nitrogens with zero attached hydrogens (tertiary/aromatic N) is 1. The summed E-state index contributed by atoms with van der Waals surface area (Å²) in [5, 5.41) is 11.0. The van der Waals surface area contributed by atoms with Gasteiger partial charge in [0.05, 0.1) is 13.3 Å². The molecule has 2 heterocycles. The van der Waals surface area contributed by atoms with Crippen LogP contribution < -0.4 is 4.74 Å². The fourth-order valence-electron chi connectivity index (χ4n) is 3.01. The number of fused-ring (bicyclic) bond motifs is 1. The predicted molar refractivity (Wildman–Crippen MR) is 98.7 cm³/mol. The Morgan fingerprint density at radius 1 is 1.23 bits per heavy atom. The fourth-order valence-corrected chi connectivity index (χ4v) is 3.01. The number of para-hydroxylation sites is 1. The highest BCUT2D eigenvalue weighted by Gasteiger charge is 2.18. The summed E-state index contributed by atoms with van der Waals surface area (Å²) < 4.78 is 5.22. The molecule has 130 valence electrons. The lowest BCUT2D eigenvalue weighted by Gasteiger charge is -2.08. The molecule has 6 nitrogen and oxygen atoms in total. The first-order valence-corrected chi connectivity index (χ1v) is 8.12. The van der Waals surface area contributed by atoms with Crippen LogP contribution in [0.1, 0.15) is 21.6 Å². The molecule has 6 heteroatoms. The Morgan fingerprint density at radius 3 is 2.85 bits per heavy atom. The van der Waals surface area contributed by atoms with Gasteiger partial charge in [0, 0.05) is 33.8 Å². The second kappa shape index (κ2) is 6.07. The van der Waals surface area contributed by atoms with E-state index in [9.17, 15) is 9.90 Å². The monoisotopic (exact) mass is 347 g/mol. The Hall–Kier alpha value is -3.54. The molecule has 0 spiro atoms. The van der Waals surface area contributed by atoms with Crippen LogP contribution >= 0.6 is 0 Å². The number of ether oxygens (including phenoxy) is 1. The SMILES string of the molecule is COc1cc(C(=O)c2cnc(-c3c[nH]c4ccccc34)[nH]2)cc(O)c1C. The molecule has 0 aliphatic rings. The summed E-state index contributed by atoms with van der Waals surface area (Å²) in [4.78, 5) is 23.4. The Bertz CT molecular complexity index is 1120. The smallest absolute Gasteiger partial charge is 0.211 e. The molecule has 0 radical (unpaired) electrons. The molecule has 0 unspecified atom stereocenters. The highest BCUT2D eigenvalue weighted by Crippen LogP contribution is 2.30. The van der Waals surface area contributed by atoms with E-state index in [2.05, 4.69) is 15.0 Å². The van der Waals surface area contributed by atoms with Crippen molar-refractivity contribution in [2.45, 2.75) is 6.92 Å². The van der Waals surface area contributed by atoms with Crippen LogP contribution in [0.15, 0.2) is 48.8 Å². The average Bonchev–Trinajstić information content (AvgIpc) is 3.29. The van der Waals surface area contributed by atoms with Gasteiger partial charge in [0.25, 0.3) is 0 Å². The molecule has 3 N–H and O–H groups in total. The maximum absolute atomic E-state index is 12.8. The lowest BCUT2D eigenvalue weighted by molar-refractivity contribution is 0.103. The zero-order valence-corrected chi connectivity index (χ0v) is 14.3. The molecule has 0 amide bonds. The summed E-state index contributed by atoms with van der Waals surface area (Å²) in [6.07, 6.45) is 3.36. The fraction of sp³-hybridized carbons (Fsp3) is 0.100. The van der Waals surface area contributed by atoms with E-state index in [4.69, 9.17) is 4.74 Å². The molecule has 0 fully saturated rings. The lowest BCUT2D eigenvalue weighted by atomic mass is 10.0. The van der Waals surface area contributed by atoms with E-state index in [0.29, 0.717) is 28.4 Å². The van der Waals surface area contributed by atoms with Crippen molar-refractivity contribution in [2.75, 3.05) is 7.11 Å². The van der Waals surface area contributed by atoms with Crippen LogP contribution in [0.4, 0.5) is 0 Å². The minimum absolute atomic E-state index is 0.0177. The molecule has 2 aromatic heterocycles. The van der Waals surface area contributed by atoms with Gasteiger partial charge in [0.2, 0.25) is 5.78 Å². The van der Waals surface area contributed by atoms with Crippen molar-refractivity contribution in [3.8, 4) is 22.9 Å². The number of carbonyl (C=O) groups is 1. The van der Waals surface area contributed by atoms with Crippen LogP contribution in [0.5, 0.6) is 11.5 Å². The molecule has 0 saturated carbocycles. The Kier molecular flexibility index (Phi) is 3.73. The van der Waals surface area contributed by atoms with Crippen LogP contribution in [-0.4, -0.2) is 33.0 Å². The van der Waals surface area contributed by atoms with Gasteiger partial charge in [-0.2, -0.15) is 0 Å². The van der Waals surface area contributed by atoms with Crippen molar-refractivity contribution >= 4 is 16.7 Å². The van der Waals surface area contributed by atoms with Crippen LogP contribution in [-0.2, 0) is 0 Å². The summed E-state index contributed by atoms with van der Waals surface area (Å²) >= 11 is 0. The third kappa shape index (κ3) is 2.52. The minimum Gasteiger partial charge on any atom is -0.508 e. The number of aromatic nitrogens is 3. The number of aromatic hydroxyl groups is 1. The van der Waals surface area contributed by atoms with Crippen molar-refractivity contribution < 1.29 is 14.6 Å². The number of phenols is 1. The Morgan fingerprint density at radius 2 is 2.04 bits per heavy atom. The third-order valence-electron chi connectivity index (χ3n) is 4.48. The lowest BCUT2D eigenvalue weighted by Crippen LogP contribution is -2.03. The van der Waals surface area contributed by atoms with Gasteiger partial charge < -0.3 is 19.8 Å². The summed E-state index contributed by atoms with van der Waals surface area (Å²) in [5.74, 6) is 0.820. The number of imidazole rings is 1. The van der Waals surface area contributed by atoms with Crippen LogP contribution in [0.2, 0.25) is 0 Å². The molecule has 0 atom stereocenters. The number of rotatable bonds is 4. The van der Waals surface area contributed by atoms with E-state index >= 15 is 0 Å². The number of nitrogens with one attached hydrogen (secondary N) is 2. The summed E-state index contributed by atoms with van der Waals surface area (Å²) in [5.41, 5.74) is 3.16. The predicted octanol–water partition coefficient (Wildman–Crippen LogP) is 3.81. The molecule has 0 saturated heterocycles. The van der Waals surface area contributed by atoms with Gasteiger partial charge in [-0.05, 0) is 25.1 Å². The van der Waals surface area contributed by atoms with Crippen molar-refractivity contribution in [1.82, 2.24) is 15.0 Å². The number of phenolic OH excluding ortho intramolecular Hbond substituents is 1. The second-order valence-corrected chi connectivity index (χ2v) is 6.05. The first-order valence-electron chi connectivity index (χ1n) is 8.12. The molecule has 2 aromatic carbocycles. The normalized spacial score (nSPS) is 11.0. The number of hydrogen-bond donors (Lipinski definition) is 3. The quantitative estimate of drug-likeness (QED) is 0.490. The van der Waals surface area contributed by atoms with Gasteiger partial charge in [-0.1, -0.05) is 18.2 Å². The first-order chi connectivity index (χ1) is 12.6. The standard InChI is InChI=1S/C20H17N3O3/c1-11-17(24)7-12(8-18(11)26-2)19(25)16-10-22-20(23-16)14-9-21-15-6-4-3-5-13(14)15/h3-10,21,24H,1-2H3,(H,22,23). The summed E-state index contributed by atoms with van der Waals surface area (Å²) in [6.45, 7) is 1.73. The van der Waals surface area contributed by atoms with Crippen molar-refractivity contribution in [3.05, 3.63) is 65.6 Å². The first kappa shape index (κ1) is 16.0. The van der Waals surface area contributed by atoms with Gasteiger partial charge in [-0.25, -0.2) is 4.98 Å². The largest absolute Gasteiger partial charge is 0.508 e. The number of carbonyl (C=O) groups excluding carboxylic acids is 1. The maximum atomic E-state index is 12.8. The van der Waals surface area contributed by atoms with Crippen molar-refractivity contribution in [3.63, 3.8) is 0 Å². The summed E-state index contributed by atoms with van der Waals surface area (Å²) in [6, 6.07) is 10.9. The molecule has 26 heavy (non-hydrogen) atoms. The van der Waals surface area contributed by atoms with Crippen LogP contribution in [0, 0.1) is 6.92 Å². The zero-order chi connectivity index (χ0) is 18.3. The molecule has 0 aliphatic heterocycles. The van der Waals surface area contributed by atoms with Gasteiger partial charge in [-0.3, -0.25) is 4.79 Å². The number of methoxy groups -OCH3 is 1. The van der Waals surface area contributed by atoms with E-state index in [1.807, 2.05) is 30.5 Å². The van der Waals surface area contributed by atoms with Gasteiger partial charge in [0.1, 0.15) is 23.0 Å². The molecule has 0 bridgehead atoms. The van der Waals surface area contributed by atoms with E-state index in [-0.39, 0.29) is 11.5 Å². The molecule has 4 rings (SSSR count). The van der Waals surface area contributed by atoms with Gasteiger partial charge in [0.15, 0.2) is 0 Å². The summed E-state index contributed by atoms with van der Waals surface area (Å²) in [7, 11) is 1.50. The molecular weight excluding hydrogens is 330 g/mol. The van der Waals surface area contributed by atoms with Gasteiger partial charge >= 0.3 is 0 Å². The number of ketones is 1. The zero-order valence-electron chi connectivity index (χ0n) is 14.3. The molecular formula is C20H17N3O3. The number of benzene rings is 2. The second-order valence-electron chi connectivity index (χ2n) is 6.05. The molecule has 0 aliphatic carbocycles. The third-order valence-corrected chi connectivity index (χ3v) is 4.48. The van der Waals surface area contributed by atoms with E-state index in [0.717, 1.165) is 16.5 Å². The van der Waals surface area contributed by atoms with E-state index < -0.39 is 0 Å². The van der Waals surface area contributed by atoms with Crippen LogP contribution in [0.3, 0.4) is 0 Å². The highest BCUT2D eigenvalue weighted by atomic mass is 16.5. The van der Waals surface area contributed by atoms with Crippen molar-refractivity contribution in [2.24, 2.45) is 0 Å². The maximum Gasteiger partial charge on any atom is 0.211 e. The van der Waals surface area contributed by atoms with Crippen molar-refractivity contribution in [1.29, 1.82) is 0 Å². The number of aromatic amines is 2. The minimum atomic E-state index is -0.266. The van der Waals surface area contributed by atoms with E-state index in [1.165, 1.54) is 19.4 Å². The molecule has 4 aromatic rings. The van der Waals surface area contributed by atoms with E-state index in [1.54, 1.807) is 13.0 Å². The topological polar surface area (TPSA) is 91.0 Å². The Balaban J connectivity index is 1.72. The van der Waals surface area contributed by atoms with Gasteiger partial charge in [-0.15, -0.1) is 0 Å². The Labute approximate surface area is 149 Å².